The van der Waals surface area contributed by atoms with E-state index in [-0.39, 0.29) is 18.2 Å². The van der Waals surface area contributed by atoms with Crippen LogP contribution in [-0.4, -0.2) is 30.9 Å². The van der Waals surface area contributed by atoms with E-state index in [0.29, 0.717) is 13.1 Å². The first-order chi connectivity index (χ1) is 12.8. The van der Waals surface area contributed by atoms with Crippen LogP contribution in [0.5, 0.6) is 0 Å². The molecule has 1 aliphatic rings. The Labute approximate surface area is 157 Å². The Morgan fingerprint density at radius 2 is 1.74 bits per heavy atom. The third kappa shape index (κ3) is 4.43. The van der Waals surface area contributed by atoms with Gasteiger partial charge in [-0.25, -0.2) is 0 Å². The molecule has 0 aromatic heterocycles. The van der Waals surface area contributed by atoms with Crippen LogP contribution in [0.2, 0.25) is 0 Å². The highest BCUT2D eigenvalue weighted by Crippen LogP contribution is 2.31. The van der Waals surface area contributed by atoms with Crippen LogP contribution in [-0.2, 0) is 17.5 Å². The third-order valence-electron chi connectivity index (χ3n) is 5.11. The molecule has 6 heteroatoms. The predicted octanol–water partition coefficient (Wildman–Crippen LogP) is 4.68. The third-order valence-corrected chi connectivity index (χ3v) is 5.11. The summed E-state index contributed by atoms with van der Waals surface area (Å²) in [4.78, 5) is 16.8. The molecule has 144 valence electrons. The average Bonchev–Trinajstić information content (AvgIpc) is 2.80. The van der Waals surface area contributed by atoms with E-state index in [9.17, 15) is 18.0 Å². The molecule has 1 aliphatic heterocycles. The summed E-state index contributed by atoms with van der Waals surface area (Å²) in [6.45, 7) is 3.80. The minimum absolute atomic E-state index is 0.0208. The molecule has 0 bridgehead atoms. The molecule has 0 N–H and O–H groups in total. The van der Waals surface area contributed by atoms with Crippen molar-refractivity contribution in [2.75, 3.05) is 25.0 Å². The van der Waals surface area contributed by atoms with Gasteiger partial charge in [-0.2, -0.15) is 13.2 Å². The number of hydrogen-bond donors (Lipinski definition) is 0. The second-order valence-corrected chi connectivity index (χ2v) is 7.09. The molecule has 0 fully saturated rings. The Balaban J connectivity index is 1.68. The fraction of sp³-hybridized carbons (Fsp3) is 0.381. The summed E-state index contributed by atoms with van der Waals surface area (Å²) in [5, 5.41) is 0. The van der Waals surface area contributed by atoms with Gasteiger partial charge in [-0.05, 0) is 35.2 Å². The second-order valence-electron chi connectivity index (χ2n) is 7.09. The Morgan fingerprint density at radius 3 is 2.41 bits per heavy atom. The molecule has 1 amide bonds. The Morgan fingerprint density at radius 1 is 1.07 bits per heavy atom. The van der Waals surface area contributed by atoms with E-state index < -0.39 is 11.7 Å². The lowest BCUT2D eigenvalue weighted by Crippen LogP contribution is -2.34. The number of amides is 1. The maximum Gasteiger partial charge on any atom is 0.416 e. The van der Waals surface area contributed by atoms with Gasteiger partial charge >= 0.3 is 6.18 Å². The van der Waals surface area contributed by atoms with Crippen LogP contribution >= 0.6 is 0 Å². The summed E-state index contributed by atoms with van der Waals surface area (Å²) in [6, 6.07) is 13.1. The largest absolute Gasteiger partial charge is 0.416 e. The number of rotatable bonds is 3. The van der Waals surface area contributed by atoms with Crippen molar-refractivity contribution in [2.24, 2.45) is 0 Å². The van der Waals surface area contributed by atoms with Crippen molar-refractivity contribution >= 4 is 11.6 Å². The molecule has 2 aromatic carbocycles. The second kappa shape index (κ2) is 7.62. The number of alkyl halides is 3. The van der Waals surface area contributed by atoms with Crippen LogP contribution in [0.1, 0.15) is 36.0 Å². The standard InChI is InChI=1S/C21H23F3N2O/c1-15(16-7-9-18(10-8-16)21(22,23)24)13-20(27)26-12-11-25(2)19-6-4-3-5-17(19)14-26/h3-10,15H,11-14H2,1-2H3. The van der Waals surface area contributed by atoms with Crippen LogP contribution in [0.4, 0.5) is 18.9 Å². The first-order valence-corrected chi connectivity index (χ1v) is 8.99. The maximum absolute atomic E-state index is 12.8. The molecule has 0 saturated heterocycles. The molecule has 3 rings (SSSR count). The highest BCUT2D eigenvalue weighted by atomic mass is 19.4. The molecule has 0 spiro atoms. The number of anilines is 1. The highest BCUT2D eigenvalue weighted by Gasteiger charge is 2.30. The number of carbonyl (C=O) groups is 1. The van der Waals surface area contributed by atoms with Gasteiger partial charge in [-0.1, -0.05) is 37.3 Å². The molecule has 0 aliphatic carbocycles. The Bertz CT molecular complexity index is 802. The van der Waals surface area contributed by atoms with Gasteiger partial charge in [0.25, 0.3) is 0 Å². The lowest BCUT2D eigenvalue weighted by atomic mass is 9.96. The molecule has 1 heterocycles. The number of benzene rings is 2. The fourth-order valence-corrected chi connectivity index (χ4v) is 3.42. The Hall–Kier alpha value is -2.50. The maximum atomic E-state index is 12.8. The fourth-order valence-electron chi connectivity index (χ4n) is 3.42. The van der Waals surface area contributed by atoms with Gasteiger partial charge in [0.2, 0.25) is 5.91 Å². The molecule has 2 aromatic rings. The number of nitrogens with zero attached hydrogens (tertiary/aromatic N) is 2. The molecule has 0 radical (unpaired) electrons. The molecule has 1 atom stereocenters. The van der Waals surface area contributed by atoms with Crippen molar-refractivity contribution in [2.45, 2.75) is 32.0 Å². The summed E-state index contributed by atoms with van der Waals surface area (Å²) in [6.07, 6.45) is -4.07. The Kier molecular flexibility index (Phi) is 5.44. The van der Waals surface area contributed by atoms with E-state index in [4.69, 9.17) is 0 Å². The summed E-state index contributed by atoms with van der Waals surface area (Å²) in [5.74, 6) is -0.122. The number of likely N-dealkylation sites (N-methyl/N-ethyl adjacent to an activating group) is 1. The van der Waals surface area contributed by atoms with Gasteiger partial charge in [0, 0.05) is 38.8 Å². The number of carbonyl (C=O) groups excluding carboxylic acids is 1. The number of hydrogen-bond acceptors (Lipinski definition) is 2. The van der Waals surface area contributed by atoms with Crippen molar-refractivity contribution in [1.29, 1.82) is 0 Å². The molecule has 3 nitrogen and oxygen atoms in total. The van der Waals surface area contributed by atoms with Crippen LogP contribution < -0.4 is 4.90 Å². The van der Waals surface area contributed by atoms with Gasteiger partial charge in [0.05, 0.1) is 5.56 Å². The summed E-state index contributed by atoms with van der Waals surface area (Å²) < 4.78 is 38.1. The van der Waals surface area contributed by atoms with Gasteiger partial charge in [0.15, 0.2) is 0 Å². The van der Waals surface area contributed by atoms with Gasteiger partial charge in [-0.3, -0.25) is 4.79 Å². The van der Waals surface area contributed by atoms with E-state index in [2.05, 4.69) is 4.90 Å². The van der Waals surface area contributed by atoms with Gasteiger partial charge in [-0.15, -0.1) is 0 Å². The quantitative estimate of drug-likeness (QED) is 0.777. The zero-order chi connectivity index (χ0) is 19.6. The van der Waals surface area contributed by atoms with Gasteiger partial charge in [0.1, 0.15) is 0 Å². The number of halogens is 3. The highest BCUT2D eigenvalue weighted by molar-refractivity contribution is 5.77. The minimum Gasteiger partial charge on any atom is -0.373 e. The normalized spacial score (nSPS) is 15.9. The molecular formula is C21H23F3N2O. The molecule has 1 unspecified atom stereocenters. The van der Waals surface area contributed by atoms with Crippen molar-refractivity contribution in [3.63, 3.8) is 0 Å². The molecule has 0 saturated carbocycles. The minimum atomic E-state index is -4.34. The van der Waals surface area contributed by atoms with Crippen LogP contribution in [0, 0.1) is 0 Å². The van der Waals surface area contributed by atoms with Gasteiger partial charge < -0.3 is 9.80 Å². The number of para-hydroxylation sites is 1. The van der Waals surface area contributed by atoms with Crippen molar-refractivity contribution in [3.05, 3.63) is 65.2 Å². The summed E-state index contributed by atoms with van der Waals surface area (Å²) in [5.41, 5.74) is 2.30. The van der Waals surface area contributed by atoms with Crippen LogP contribution in [0.3, 0.4) is 0 Å². The number of fused-ring (bicyclic) bond motifs is 1. The zero-order valence-corrected chi connectivity index (χ0v) is 15.5. The van der Waals surface area contributed by atoms with E-state index >= 15 is 0 Å². The van der Waals surface area contributed by atoms with Crippen molar-refractivity contribution < 1.29 is 18.0 Å². The summed E-state index contributed by atoms with van der Waals surface area (Å²) >= 11 is 0. The van der Waals surface area contributed by atoms with Crippen molar-refractivity contribution in [3.8, 4) is 0 Å². The smallest absolute Gasteiger partial charge is 0.373 e. The lowest BCUT2D eigenvalue weighted by Gasteiger charge is -2.23. The topological polar surface area (TPSA) is 23.6 Å². The molecule has 27 heavy (non-hydrogen) atoms. The monoisotopic (exact) mass is 376 g/mol. The van der Waals surface area contributed by atoms with E-state index in [1.807, 2.05) is 43.1 Å². The molecular weight excluding hydrogens is 353 g/mol. The van der Waals surface area contributed by atoms with Crippen molar-refractivity contribution in [1.82, 2.24) is 4.90 Å². The lowest BCUT2D eigenvalue weighted by molar-refractivity contribution is -0.137. The van der Waals surface area contributed by atoms with E-state index in [1.165, 1.54) is 12.1 Å². The van der Waals surface area contributed by atoms with E-state index in [0.717, 1.165) is 35.5 Å². The van der Waals surface area contributed by atoms with E-state index in [1.54, 1.807) is 0 Å². The predicted molar refractivity (Wildman–Crippen MR) is 99.6 cm³/mol. The van der Waals surface area contributed by atoms with Crippen LogP contribution in [0.15, 0.2) is 48.5 Å². The van der Waals surface area contributed by atoms with Crippen LogP contribution in [0.25, 0.3) is 0 Å². The first kappa shape index (κ1) is 19.3. The first-order valence-electron chi connectivity index (χ1n) is 8.99. The SMILES string of the molecule is CC(CC(=O)N1CCN(C)c2ccccc2C1)c1ccc(C(F)(F)F)cc1. The zero-order valence-electron chi connectivity index (χ0n) is 15.5. The summed E-state index contributed by atoms with van der Waals surface area (Å²) in [7, 11) is 2.01. The average molecular weight is 376 g/mol.